The average Bonchev–Trinajstić information content (AvgIpc) is 2.45. The minimum atomic E-state index is -0.205. The third-order valence-electron chi connectivity index (χ3n) is 2.99. The number of hydrogen-bond donors (Lipinski definition) is 1. The van der Waals surface area contributed by atoms with Gasteiger partial charge in [-0.3, -0.25) is 0 Å². The van der Waals surface area contributed by atoms with E-state index in [0.717, 1.165) is 11.5 Å². The number of aromatic nitrogens is 2. The van der Waals surface area contributed by atoms with Crippen LogP contribution in [0.25, 0.3) is 0 Å². The van der Waals surface area contributed by atoms with Gasteiger partial charge in [-0.15, -0.1) is 11.8 Å². The van der Waals surface area contributed by atoms with Crippen molar-refractivity contribution in [3.8, 4) is 0 Å². The second-order valence-corrected chi connectivity index (χ2v) is 6.79. The van der Waals surface area contributed by atoms with Crippen LogP contribution >= 0.6 is 11.8 Å². The van der Waals surface area contributed by atoms with Gasteiger partial charge in [-0.1, -0.05) is 32.9 Å². The second-order valence-electron chi connectivity index (χ2n) is 5.77. The van der Waals surface area contributed by atoms with E-state index in [9.17, 15) is 4.39 Å². The first-order valence-electron chi connectivity index (χ1n) is 6.83. The van der Waals surface area contributed by atoms with Crippen LogP contribution in [0.2, 0.25) is 0 Å². The molecule has 2 rings (SSSR count). The lowest BCUT2D eigenvalue weighted by atomic mass is 9.92. The molecule has 21 heavy (non-hydrogen) atoms. The van der Waals surface area contributed by atoms with Crippen molar-refractivity contribution in [1.29, 1.82) is 0 Å². The summed E-state index contributed by atoms with van der Waals surface area (Å²) in [5, 5.41) is 3.05. The monoisotopic (exact) mass is 305 g/mol. The van der Waals surface area contributed by atoms with Gasteiger partial charge in [0.15, 0.2) is 0 Å². The van der Waals surface area contributed by atoms with Crippen LogP contribution in [0.15, 0.2) is 35.2 Å². The number of rotatable bonds is 4. The van der Waals surface area contributed by atoms with Crippen molar-refractivity contribution in [3.05, 3.63) is 47.7 Å². The molecule has 1 aromatic heterocycles. The Bertz CT molecular complexity index is 623. The van der Waals surface area contributed by atoms with Crippen LogP contribution in [0.1, 0.15) is 32.3 Å². The van der Waals surface area contributed by atoms with E-state index in [4.69, 9.17) is 0 Å². The van der Waals surface area contributed by atoms with Gasteiger partial charge in [0, 0.05) is 23.4 Å². The van der Waals surface area contributed by atoms with Crippen molar-refractivity contribution in [2.45, 2.75) is 36.8 Å². The molecule has 3 nitrogen and oxygen atoms in total. The molecule has 2 aromatic rings. The molecule has 5 heteroatoms. The molecule has 0 spiro atoms. The molecule has 0 saturated heterocycles. The Labute approximate surface area is 129 Å². The first kappa shape index (κ1) is 15.8. The third-order valence-corrected chi connectivity index (χ3v) is 4.04. The topological polar surface area (TPSA) is 37.8 Å². The Balaban J connectivity index is 2.22. The Morgan fingerprint density at radius 1 is 1.19 bits per heavy atom. The lowest BCUT2D eigenvalue weighted by molar-refractivity contribution is 0.564. The molecule has 0 aliphatic carbocycles. The molecule has 0 aliphatic rings. The number of hydrogen-bond acceptors (Lipinski definition) is 4. The van der Waals surface area contributed by atoms with Crippen LogP contribution in [0, 0.1) is 5.82 Å². The number of nitrogens with one attached hydrogen (secondary N) is 1. The van der Waals surface area contributed by atoms with Crippen LogP contribution in [-0.4, -0.2) is 17.0 Å². The Hall–Kier alpha value is -1.62. The molecular weight excluding hydrogens is 285 g/mol. The molecule has 0 aliphatic heterocycles. The minimum absolute atomic E-state index is 0.0496. The highest BCUT2D eigenvalue weighted by Gasteiger charge is 2.18. The highest BCUT2D eigenvalue weighted by molar-refractivity contribution is 7.98. The fraction of sp³-hybridized carbons (Fsp3) is 0.375. The summed E-state index contributed by atoms with van der Waals surface area (Å²) < 4.78 is 13.6. The normalized spacial score (nSPS) is 11.5. The van der Waals surface area contributed by atoms with Crippen molar-refractivity contribution in [2.24, 2.45) is 0 Å². The van der Waals surface area contributed by atoms with E-state index in [1.807, 2.05) is 19.2 Å². The number of thioether (sulfide) groups is 1. The molecule has 1 aromatic carbocycles. The molecule has 0 saturated carbocycles. The van der Waals surface area contributed by atoms with Gasteiger partial charge < -0.3 is 5.32 Å². The zero-order valence-electron chi connectivity index (χ0n) is 12.8. The molecule has 0 amide bonds. The smallest absolute Gasteiger partial charge is 0.141 e. The van der Waals surface area contributed by atoms with Gasteiger partial charge in [0.25, 0.3) is 0 Å². The summed E-state index contributed by atoms with van der Waals surface area (Å²) >= 11 is 1.41. The predicted octanol–water partition coefficient (Wildman–Crippen LogP) is 4.25. The van der Waals surface area contributed by atoms with Crippen LogP contribution in [0.4, 0.5) is 10.2 Å². The van der Waals surface area contributed by atoms with Crippen LogP contribution < -0.4 is 5.32 Å². The summed E-state index contributed by atoms with van der Waals surface area (Å²) in [6, 6.07) is 8.71. The Morgan fingerprint density at radius 3 is 2.52 bits per heavy atom. The number of anilines is 1. The predicted molar refractivity (Wildman–Crippen MR) is 86.2 cm³/mol. The third kappa shape index (κ3) is 4.17. The van der Waals surface area contributed by atoms with Gasteiger partial charge in [0.1, 0.15) is 17.5 Å². The first-order chi connectivity index (χ1) is 9.90. The molecule has 0 radical (unpaired) electrons. The van der Waals surface area contributed by atoms with Gasteiger partial charge in [-0.05, 0) is 12.1 Å². The molecule has 0 atom stereocenters. The lowest BCUT2D eigenvalue weighted by Gasteiger charge is -2.19. The van der Waals surface area contributed by atoms with Crippen LogP contribution in [0.3, 0.4) is 0 Å². The van der Waals surface area contributed by atoms with Gasteiger partial charge in [-0.2, -0.15) is 0 Å². The van der Waals surface area contributed by atoms with E-state index >= 15 is 0 Å². The molecule has 0 fully saturated rings. The summed E-state index contributed by atoms with van der Waals surface area (Å²) in [5.41, 5.74) is 0.928. The molecular formula is C16H20FN3S. The molecule has 0 unspecified atom stereocenters. The largest absolute Gasteiger partial charge is 0.373 e. The summed E-state index contributed by atoms with van der Waals surface area (Å²) in [6.07, 6.45) is 0. The van der Waals surface area contributed by atoms with Crippen molar-refractivity contribution in [3.63, 3.8) is 0 Å². The Morgan fingerprint density at radius 2 is 1.90 bits per heavy atom. The minimum Gasteiger partial charge on any atom is -0.373 e. The summed E-state index contributed by atoms with van der Waals surface area (Å²) in [6.45, 7) is 6.34. The van der Waals surface area contributed by atoms with E-state index in [0.29, 0.717) is 16.5 Å². The highest BCUT2D eigenvalue weighted by atomic mass is 32.2. The SMILES string of the molecule is CNc1cc(C(C)(C)C)nc(CSc2ccccc2F)n1. The van der Waals surface area contributed by atoms with Gasteiger partial charge >= 0.3 is 0 Å². The van der Waals surface area contributed by atoms with E-state index in [2.05, 4.69) is 36.1 Å². The van der Waals surface area contributed by atoms with Gasteiger partial charge in [-0.25, -0.2) is 14.4 Å². The van der Waals surface area contributed by atoms with E-state index in [-0.39, 0.29) is 11.2 Å². The average molecular weight is 305 g/mol. The fourth-order valence-corrected chi connectivity index (χ4v) is 2.57. The van der Waals surface area contributed by atoms with Crippen molar-refractivity contribution in [1.82, 2.24) is 9.97 Å². The standard InChI is InChI=1S/C16H20FN3S/c1-16(2,3)13-9-14(18-4)20-15(19-13)10-21-12-8-6-5-7-11(12)17/h5-9H,10H2,1-4H3,(H,18,19,20). The van der Waals surface area contributed by atoms with Crippen molar-refractivity contribution < 1.29 is 4.39 Å². The molecule has 1 N–H and O–H groups in total. The Kier molecular flexibility index (Phi) is 4.83. The molecule has 1 heterocycles. The summed E-state index contributed by atoms with van der Waals surface area (Å²) in [5.74, 6) is 1.84. The van der Waals surface area contributed by atoms with Gasteiger partial charge in [0.05, 0.1) is 11.4 Å². The fourth-order valence-electron chi connectivity index (χ4n) is 1.78. The zero-order valence-corrected chi connectivity index (χ0v) is 13.6. The number of benzene rings is 1. The van der Waals surface area contributed by atoms with E-state index < -0.39 is 0 Å². The second kappa shape index (κ2) is 6.43. The maximum atomic E-state index is 13.6. The van der Waals surface area contributed by atoms with Crippen molar-refractivity contribution >= 4 is 17.6 Å². The summed E-state index contributed by atoms with van der Waals surface area (Å²) in [4.78, 5) is 9.67. The quantitative estimate of drug-likeness (QED) is 0.857. The lowest BCUT2D eigenvalue weighted by Crippen LogP contribution is -2.16. The highest BCUT2D eigenvalue weighted by Crippen LogP contribution is 2.27. The first-order valence-corrected chi connectivity index (χ1v) is 7.82. The van der Waals surface area contributed by atoms with E-state index in [1.165, 1.54) is 17.8 Å². The molecule has 112 valence electrons. The van der Waals surface area contributed by atoms with Crippen LogP contribution in [0.5, 0.6) is 0 Å². The summed E-state index contributed by atoms with van der Waals surface area (Å²) in [7, 11) is 1.84. The zero-order chi connectivity index (χ0) is 15.5. The maximum Gasteiger partial charge on any atom is 0.141 e. The van der Waals surface area contributed by atoms with Gasteiger partial charge in [0.2, 0.25) is 0 Å². The van der Waals surface area contributed by atoms with Crippen molar-refractivity contribution in [2.75, 3.05) is 12.4 Å². The maximum absolute atomic E-state index is 13.6. The number of nitrogens with zero attached hydrogens (tertiary/aromatic N) is 2. The number of halogens is 1. The molecule has 0 bridgehead atoms. The van der Waals surface area contributed by atoms with Crippen LogP contribution in [-0.2, 0) is 11.2 Å². The van der Waals surface area contributed by atoms with E-state index in [1.54, 1.807) is 12.1 Å².